The Labute approximate surface area is 128 Å². The molecule has 0 bridgehead atoms. The smallest absolute Gasteiger partial charge is 0.180 e. The fraction of sp³-hybridized carbons (Fsp3) is 0.625. The lowest BCUT2D eigenvalue weighted by Gasteiger charge is -2.24. The Morgan fingerprint density at radius 1 is 1.29 bits per heavy atom. The Bertz CT molecular complexity index is 557. The second-order valence-corrected chi connectivity index (χ2v) is 7.70. The molecule has 0 amide bonds. The minimum Gasteiger partial charge on any atom is -0.382 e. The van der Waals surface area contributed by atoms with Crippen LogP contribution in [0.2, 0.25) is 0 Å². The van der Waals surface area contributed by atoms with Crippen LogP contribution in [0, 0.1) is 0 Å². The van der Waals surface area contributed by atoms with E-state index >= 15 is 0 Å². The van der Waals surface area contributed by atoms with Crippen molar-refractivity contribution >= 4 is 15.5 Å². The predicted octanol–water partition coefficient (Wildman–Crippen LogP) is 2.77. The third-order valence-electron chi connectivity index (χ3n) is 4.13. The monoisotopic (exact) mass is 310 g/mol. The van der Waals surface area contributed by atoms with Crippen molar-refractivity contribution in [1.82, 2.24) is 4.90 Å². The van der Waals surface area contributed by atoms with Crippen LogP contribution in [0.25, 0.3) is 0 Å². The van der Waals surface area contributed by atoms with Crippen LogP contribution >= 0.6 is 0 Å². The van der Waals surface area contributed by atoms with Crippen molar-refractivity contribution in [2.45, 2.75) is 44.0 Å². The van der Waals surface area contributed by atoms with Crippen molar-refractivity contribution in [3.05, 3.63) is 24.3 Å². The first-order chi connectivity index (χ1) is 10.1. The van der Waals surface area contributed by atoms with Crippen molar-refractivity contribution in [3.8, 4) is 0 Å². The molecule has 0 aliphatic carbocycles. The first kappa shape index (κ1) is 16.3. The summed E-state index contributed by atoms with van der Waals surface area (Å²) in [7, 11) is -3.18. The van der Waals surface area contributed by atoms with Gasteiger partial charge in [0.05, 0.1) is 16.3 Å². The van der Waals surface area contributed by atoms with E-state index in [1.165, 1.54) is 12.8 Å². The van der Waals surface area contributed by atoms with E-state index in [1.807, 2.05) is 19.1 Å². The maximum Gasteiger partial charge on any atom is 0.180 e. The summed E-state index contributed by atoms with van der Waals surface area (Å²) in [6.45, 7) is 7.09. The highest BCUT2D eigenvalue weighted by atomic mass is 32.2. The summed E-state index contributed by atoms with van der Waals surface area (Å²) in [5.41, 5.74) is 0.744. The topological polar surface area (TPSA) is 49.4 Å². The number of likely N-dealkylation sites (tertiary alicyclic amines) is 1. The molecular weight excluding hydrogens is 284 g/mol. The zero-order chi connectivity index (χ0) is 15.3. The van der Waals surface area contributed by atoms with E-state index in [0.29, 0.717) is 17.4 Å². The van der Waals surface area contributed by atoms with Crippen molar-refractivity contribution < 1.29 is 8.42 Å². The predicted molar refractivity (Wildman–Crippen MR) is 87.5 cm³/mol. The van der Waals surface area contributed by atoms with Gasteiger partial charge in [-0.15, -0.1) is 0 Å². The quantitative estimate of drug-likeness (QED) is 0.841. The number of likely N-dealkylation sites (N-methyl/N-ethyl adjacent to an activating group) is 1. The molecule has 0 saturated carbocycles. The molecule has 4 nitrogen and oxygen atoms in total. The van der Waals surface area contributed by atoms with Gasteiger partial charge >= 0.3 is 0 Å². The van der Waals surface area contributed by atoms with Gasteiger partial charge in [0, 0.05) is 12.6 Å². The summed E-state index contributed by atoms with van der Waals surface area (Å²) in [5, 5.41) is 3.36. The number of anilines is 1. The molecule has 1 atom stereocenters. The molecule has 0 aromatic heterocycles. The van der Waals surface area contributed by atoms with Crippen LogP contribution in [0.15, 0.2) is 29.2 Å². The van der Waals surface area contributed by atoms with Crippen LogP contribution < -0.4 is 5.32 Å². The van der Waals surface area contributed by atoms with Crippen LogP contribution in [-0.4, -0.2) is 44.7 Å². The maximum atomic E-state index is 12.3. The lowest BCUT2D eigenvalue weighted by molar-refractivity contribution is 0.277. The molecule has 2 rings (SSSR count). The van der Waals surface area contributed by atoms with Crippen molar-refractivity contribution in [2.24, 2.45) is 0 Å². The lowest BCUT2D eigenvalue weighted by atomic mass is 10.2. The van der Waals surface area contributed by atoms with Crippen LogP contribution in [0.3, 0.4) is 0 Å². The highest BCUT2D eigenvalue weighted by Gasteiger charge is 2.23. The van der Waals surface area contributed by atoms with Gasteiger partial charge in [0.1, 0.15) is 0 Å². The van der Waals surface area contributed by atoms with Crippen molar-refractivity contribution in [2.75, 3.05) is 30.7 Å². The second kappa shape index (κ2) is 7.27. The van der Waals surface area contributed by atoms with E-state index in [9.17, 15) is 8.42 Å². The number of hydrogen-bond acceptors (Lipinski definition) is 4. The largest absolute Gasteiger partial charge is 0.382 e. The number of nitrogens with one attached hydrogen (secondary N) is 1. The molecule has 5 heteroatoms. The molecule has 1 N–H and O–H groups in total. The van der Waals surface area contributed by atoms with E-state index < -0.39 is 9.84 Å². The van der Waals surface area contributed by atoms with Crippen LogP contribution in [0.4, 0.5) is 5.69 Å². The summed E-state index contributed by atoms with van der Waals surface area (Å²) >= 11 is 0. The minimum atomic E-state index is -3.18. The number of para-hydroxylation sites is 1. The molecule has 1 saturated heterocycles. The summed E-state index contributed by atoms with van der Waals surface area (Å²) < 4.78 is 24.6. The molecule has 0 spiro atoms. The van der Waals surface area contributed by atoms with Gasteiger partial charge < -0.3 is 5.32 Å². The van der Waals surface area contributed by atoms with Crippen LogP contribution in [0.5, 0.6) is 0 Å². The summed E-state index contributed by atoms with van der Waals surface area (Å²) in [4.78, 5) is 2.89. The Balaban J connectivity index is 2.10. The van der Waals surface area contributed by atoms with Gasteiger partial charge in [-0.25, -0.2) is 8.42 Å². The molecule has 21 heavy (non-hydrogen) atoms. The fourth-order valence-electron chi connectivity index (χ4n) is 3.03. The normalized spacial score (nSPS) is 19.8. The van der Waals surface area contributed by atoms with Gasteiger partial charge in [0.25, 0.3) is 0 Å². The summed E-state index contributed by atoms with van der Waals surface area (Å²) in [6, 6.07) is 7.77. The summed E-state index contributed by atoms with van der Waals surface area (Å²) in [5.74, 6) is 0.205. The van der Waals surface area contributed by atoms with E-state index in [1.54, 1.807) is 12.1 Å². The first-order valence-corrected chi connectivity index (χ1v) is 9.53. The first-order valence-electron chi connectivity index (χ1n) is 7.88. The Morgan fingerprint density at radius 3 is 2.76 bits per heavy atom. The van der Waals surface area contributed by atoms with E-state index in [0.717, 1.165) is 25.3 Å². The van der Waals surface area contributed by atoms with Gasteiger partial charge in [-0.2, -0.15) is 0 Å². The highest BCUT2D eigenvalue weighted by molar-refractivity contribution is 7.91. The van der Waals surface area contributed by atoms with Crippen LogP contribution in [0.1, 0.15) is 33.1 Å². The van der Waals surface area contributed by atoms with Gasteiger partial charge in [-0.3, -0.25) is 4.90 Å². The van der Waals surface area contributed by atoms with Gasteiger partial charge in [0.15, 0.2) is 9.84 Å². The Kier molecular flexibility index (Phi) is 5.65. The molecule has 1 fully saturated rings. The third kappa shape index (κ3) is 3.98. The van der Waals surface area contributed by atoms with E-state index in [4.69, 9.17) is 0 Å². The second-order valence-electron chi connectivity index (χ2n) is 5.62. The minimum absolute atomic E-state index is 0.205. The van der Waals surface area contributed by atoms with E-state index in [-0.39, 0.29) is 5.75 Å². The standard InChI is InChI=1S/C16H26N2O2S/c1-3-12-21(19,20)16-10-6-5-9-15(16)17-13-14-8-7-11-18(14)4-2/h5-6,9-10,14,17H,3-4,7-8,11-13H2,1-2H3. The Morgan fingerprint density at radius 2 is 2.05 bits per heavy atom. The highest BCUT2D eigenvalue weighted by Crippen LogP contribution is 2.24. The molecule has 0 radical (unpaired) electrons. The number of sulfone groups is 1. The third-order valence-corrected chi connectivity index (χ3v) is 6.10. The summed E-state index contributed by atoms with van der Waals surface area (Å²) in [6.07, 6.45) is 3.06. The average molecular weight is 310 g/mol. The molecule has 118 valence electrons. The zero-order valence-corrected chi connectivity index (χ0v) is 13.8. The van der Waals surface area contributed by atoms with Gasteiger partial charge in [0.2, 0.25) is 0 Å². The van der Waals surface area contributed by atoms with Gasteiger partial charge in [-0.1, -0.05) is 26.0 Å². The number of hydrogen-bond donors (Lipinski definition) is 1. The van der Waals surface area contributed by atoms with Crippen LogP contribution in [-0.2, 0) is 9.84 Å². The number of rotatable bonds is 7. The molecule has 1 aliphatic rings. The average Bonchev–Trinajstić information content (AvgIpc) is 2.93. The SMILES string of the molecule is CCCS(=O)(=O)c1ccccc1NCC1CCCN1CC. The molecule has 1 heterocycles. The maximum absolute atomic E-state index is 12.3. The van der Waals surface area contributed by atoms with Crippen molar-refractivity contribution in [3.63, 3.8) is 0 Å². The molecule has 1 unspecified atom stereocenters. The molecular formula is C16H26N2O2S. The molecule has 1 aromatic carbocycles. The fourth-order valence-corrected chi connectivity index (χ4v) is 4.55. The zero-order valence-electron chi connectivity index (χ0n) is 13.0. The molecule has 1 aromatic rings. The lowest BCUT2D eigenvalue weighted by Crippen LogP contribution is -2.34. The van der Waals surface area contributed by atoms with E-state index in [2.05, 4.69) is 17.1 Å². The van der Waals surface area contributed by atoms with Gasteiger partial charge in [-0.05, 0) is 44.5 Å². The number of benzene rings is 1. The number of nitrogens with zero attached hydrogens (tertiary/aromatic N) is 1. The van der Waals surface area contributed by atoms with Crippen molar-refractivity contribution in [1.29, 1.82) is 0 Å². The Hall–Kier alpha value is -1.07. The molecule has 1 aliphatic heterocycles.